The number of fused-ring (bicyclic) bond motifs is 3. The molecule has 2 aliphatic rings. The first-order valence-electron chi connectivity index (χ1n) is 8.43. The van der Waals surface area contributed by atoms with E-state index in [0.717, 1.165) is 31.7 Å². The maximum atomic E-state index is 4.75. The third-order valence-corrected chi connectivity index (χ3v) is 5.27. The van der Waals surface area contributed by atoms with Crippen LogP contribution in [0, 0.1) is 5.92 Å². The average molecular weight is 320 g/mol. The number of nitrogens with zero attached hydrogens (tertiary/aromatic N) is 6. The summed E-state index contributed by atoms with van der Waals surface area (Å²) in [6.45, 7) is 4.27. The highest BCUT2D eigenvalue weighted by Crippen LogP contribution is 2.41. The van der Waals surface area contributed by atoms with Crippen LogP contribution in [0.15, 0.2) is 43.1 Å². The van der Waals surface area contributed by atoms with Gasteiger partial charge in [0.25, 0.3) is 0 Å². The third kappa shape index (κ3) is 2.17. The number of aryl methyl sites for hydroxylation is 1. The zero-order chi connectivity index (χ0) is 16.1. The van der Waals surface area contributed by atoms with E-state index in [1.54, 1.807) is 0 Å². The summed E-state index contributed by atoms with van der Waals surface area (Å²) in [5.41, 5.74) is 3.65. The van der Waals surface area contributed by atoms with Crippen LogP contribution in [0.25, 0.3) is 11.3 Å². The van der Waals surface area contributed by atoms with E-state index in [0.29, 0.717) is 11.8 Å². The summed E-state index contributed by atoms with van der Waals surface area (Å²) in [5, 5.41) is 4.27. The van der Waals surface area contributed by atoms with E-state index in [4.69, 9.17) is 4.98 Å². The minimum Gasteiger partial charge on any atom is -0.327 e. The van der Waals surface area contributed by atoms with Crippen LogP contribution in [0.4, 0.5) is 0 Å². The van der Waals surface area contributed by atoms with Crippen molar-refractivity contribution < 1.29 is 0 Å². The molecule has 1 saturated heterocycles. The van der Waals surface area contributed by atoms with E-state index in [9.17, 15) is 0 Å². The van der Waals surface area contributed by atoms with Crippen molar-refractivity contribution in [2.45, 2.75) is 19.0 Å². The van der Waals surface area contributed by atoms with Gasteiger partial charge >= 0.3 is 0 Å². The molecule has 3 aromatic rings. The molecule has 2 aliphatic heterocycles. The summed E-state index contributed by atoms with van der Waals surface area (Å²) >= 11 is 0. The van der Waals surface area contributed by atoms with Gasteiger partial charge in [-0.3, -0.25) is 14.6 Å². The van der Waals surface area contributed by atoms with Crippen molar-refractivity contribution in [3.63, 3.8) is 0 Å². The summed E-state index contributed by atoms with van der Waals surface area (Å²) in [6, 6.07) is 4.10. The van der Waals surface area contributed by atoms with Crippen molar-refractivity contribution in [2.75, 3.05) is 13.1 Å². The van der Waals surface area contributed by atoms with Crippen LogP contribution in [0.3, 0.4) is 0 Å². The zero-order valence-corrected chi connectivity index (χ0v) is 13.7. The molecule has 0 N–H and O–H groups in total. The fraction of sp³-hybridized carbons (Fsp3) is 0.389. The van der Waals surface area contributed by atoms with Crippen LogP contribution in [0.5, 0.6) is 0 Å². The van der Waals surface area contributed by atoms with Gasteiger partial charge in [-0.2, -0.15) is 5.10 Å². The monoisotopic (exact) mass is 320 g/mol. The second kappa shape index (κ2) is 5.27. The summed E-state index contributed by atoms with van der Waals surface area (Å²) in [5.74, 6) is 2.46. The van der Waals surface area contributed by atoms with Gasteiger partial charge in [0, 0.05) is 74.8 Å². The molecule has 0 aliphatic carbocycles. The number of aromatic nitrogens is 5. The number of hydrogen-bond acceptors (Lipinski definition) is 4. The van der Waals surface area contributed by atoms with Gasteiger partial charge in [0.2, 0.25) is 0 Å². The molecular weight excluding hydrogens is 300 g/mol. The van der Waals surface area contributed by atoms with Gasteiger partial charge in [0.15, 0.2) is 0 Å². The van der Waals surface area contributed by atoms with E-state index in [1.807, 2.05) is 42.6 Å². The van der Waals surface area contributed by atoms with Crippen molar-refractivity contribution in [1.29, 1.82) is 0 Å². The predicted octanol–water partition coefficient (Wildman–Crippen LogP) is 1.91. The highest BCUT2D eigenvalue weighted by atomic mass is 15.3. The molecule has 6 heteroatoms. The number of pyridine rings is 1. The van der Waals surface area contributed by atoms with Gasteiger partial charge in [-0.15, -0.1) is 0 Å². The fourth-order valence-electron chi connectivity index (χ4n) is 4.24. The Bertz CT molecular complexity index is 865. The number of hydrogen-bond donors (Lipinski definition) is 0. The Morgan fingerprint density at radius 1 is 1.17 bits per heavy atom. The molecule has 24 heavy (non-hydrogen) atoms. The maximum absolute atomic E-state index is 4.75. The van der Waals surface area contributed by atoms with Crippen LogP contribution in [-0.2, 0) is 20.1 Å². The summed E-state index contributed by atoms with van der Waals surface area (Å²) in [4.78, 5) is 11.5. The lowest BCUT2D eigenvalue weighted by molar-refractivity contribution is 0.306. The Kier molecular flexibility index (Phi) is 3.06. The largest absolute Gasteiger partial charge is 0.327 e. The molecule has 2 unspecified atom stereocenters. The molecule has 3 aromatic heterocycles. The molecule has 1 fully saturated rings. The second-order valence-corrected chi connectivity index (χ2v) is 6.94. The van der Waals surface area contributed by atoms with Crippen molar-refractivity contribution in [2.24, 2.45) is 13.0 Å². The Morgan fingerprint density at radius 2 is 2.12 bits per heavy atom. The molecule has 6 nitrogen and oxygen atoms in total. The second-order valence-electron chi connectivity index (χ2n) is 6.94. The Balaban J connectivity index is 1.37. The Morgan fingerprint density at radius 3 is 2.92 bits per heavy atom. The predicted molar refractivity (Wildman–Crippen MR) is 90.2 cm³/mol. The Hall–Kier alpha value is -2.47. The smallest absolute Gasteiger partial charge is 0.113 e. The van der Waals surface area contributed by atoms with Gasteiger partial charge in [-0.25, -0.2) is 4.98 Å². The summed E-state index contributed by atoms with van der Waals surface area (Å²) in [7, 11) is 1.97. The highest BCUT2D eigenvalue weighted by Gasteiger charge is 2.42. The SMILES string of the molecule is Cn1cc(CN2CC3Cn4c(-c5cccnc5)cnc4C3C2)cn1. The molecule has 0 spiro atoms. The zero-order valence-electron chi connectivity index (χ0n) is 13.7. The van der Waals surface area contributed by atoms with Crippen molar-refractivity contribution in [3.05, 3.63) is 54.5 Å². The van der Waals surface area contributed by atoms with Crippen molar-refractivity contribution in [3.8, 4) is 11.3 Å². The lowest BCUT2D eigenvalue weighted by atomic mass is 9.99. The van der Waals surface area contributed by atoms with Gasteiger partial charge < -0.3 is 4.57 Å². The standard InChI is InChI=1S/C18H20N6/c1-22-8-13(5-21-22)9-23-10-15-11-24-17(14-3-2-4-19-6-14)7-20-18(24)16(15)12-23/h2-8,15-16H,9-12H2,1H3. The molecule has 0 saturated carbocycles. The van der Waals surface area contributed by atoms with Gasteiger partial charge in [0.05, 0.1) is 18.1 Å². The average Bonchev–Trinajstić information content (AvgIpc) is 3.31. The lowest BCUT2D eigenvalue weighted by Gasteiger charge is -2.16. The number of likely N-dealkylation sites (tertiary alicyclic amines) is 1. The van der Waals surface area contributed by atoms with Gasteiger partial charge in [-0.05, 0) is 12.1 Å². The molecule has 2 atom stereocenters. The Labute approximate surface area is 140 Å². The first kappa shape index (κ1) is 13.9. The number of rotatable bonds is 3. The summed E-state index contributed by atoms with van der Waals surface area (Å²) < 4.78 is 4.27. The van der Waals surface area contributed by atoms with Crippen LogP contribution in [0.2, 0.25) is 0 Å². The van der Waals surface area contributed by atoms with Gasteiger partial charge in [-0.1, -0.05) is 0 Å². The molecule has 0 bridgehead atoms. The topological polar surface area (TPSA) is 51.8 Å². The molecular formula is C18H20N6. The minimum atomic E-state index is 0.548. The van der Waals surface area contributed by atoms with Crippen LogP contribution < -0.4 is 0 Å². The molecule has 0 aromatic carbocycles. The molecule has 0 radical (unpaired) electrons. The summed E-state index contributed by atoms with van der Waals surface area (Å²) in [6.07, 6.45) is 9.82. The molecule has 5 rings (SSSR count). The van der Waals surface area contributed by atoms with E-state index < -0.39 is 0 Å². The van der Waals surface area contributed by atoms with Gasteiger partial charge in [0.1, 0.15) is 5.82 Å². The molecule has 122 valence electrons. The molecule has 0 amide bonds. The number of imidazole rings is 1. The molecule has 5 heterocycles. The third-order valence-electron chi connectivity index (χ3n) is 5.27. The van der Waals surface area contributed by atoms with Crippen molar-refractivity contribution in [1.82, 2.24) is 29.2 Å². The van der Waals surface area contributed by atoms with E-state index in [-0.39, 0.29) is 0 Å². The van der Waals surface area contributed by atoms with Crippen LogP contribution in [-0.4, -0.2) is 42.3 Å². The maximum Gasteiger partial charge on any atom is 0.113 e. The van der Waals surface area contributed by atoms with Crippen LogP contribution in [0.1, 0.15) is 17.3 Å². The normalized spacial score (nSPS) is 22.7. The van der Waals surface area contributed by atoms with E-state index in [1.165, 1.54) is 17.1 Å². The van der Waals surface area contributed by atoms with Crippen molar-refractivity contribution >= 4 is 0 Å². The quantitative estimate of drug-likeness (QED) is 0.740. The van der Waals surface area contributed by atoms with E-state index >= 15 is 0 Å². The van der Waals surface area contributed by atoms with E-state index in [2.05, 4.69) is 31.8 Å². The van der Waals surface area contributed by atoms with Crippen LogP contribution >= 0.6 is 0 Å². The first-order valence-corrected chi connectivity index (χ1v) is 8.43. The minimum absolute atomic E-state index is 0.548. The lowest BCUT2D eigenvalue weighted by Crippen LogP contribution is -2.22. The fourth-order valence-corrected chi connectivity index (χ4v) is 4.24. The first-order chi connectivity index (χ1) is 11.8. The highest BCUT2D eigenvalue weighted by molar-refractivity contribution is 5.58.